The smallest absolute Gasteiger partial charge is 0.321 e. The first-order valence-electron chi connectivity index (χ1n) is 10.1. The molecule has 0 spiro atoms. The Bertz CT molecular complexity index is 1250. The maximum Gasteiger partial charge on any atom is 0.321 e. The average Bonchev–Trinajstić information content (AvgIpc) is 3.16. The zero-order valence-electron chi connectivity index (χ0n) is 17.2. The molecular weight excluding hydrogens is 468 g/mol. The Morgan fingerprint density at radius 3 is 2.75 bits per heavy atom. The third-order valence-electron chi connectivity index (χ3n) is 5.04. The van der Waals surface area contributed by atoms with Crippen LogP contribution in [0.1, 0.15) is 23.3 Å². The summed E-state index contributed by atoms with van der Waals surface area (Å²) in [5.74, 6) is -0.558. The first-order valence-corrected chi connectivity index (χ1v) is 12.3. The number of amides is 3. The summed E-state index contributed by atoms with van der Waals surface area (Å²) < 4.78 is 1.52. The summed E-state index contributed by atoms with van der Waals surface area (Å²) in [6.45, 7) is 3.76. The molecule has 0 bridgehead atoms. The van der Waals surface area contributed by atoms with Crippen molar-refractivity contribution in [1.82, 2.24) is 20.2 Å². The number of benzene rings is 1. The van der Waals surface area contributed by atoms with E-state index in [9.17, 15) is 14.4 Å². The number of hydrogen-bond acceptors (Lipinski definition) is 6. The molecule has 32 heavy (non-hydrogen) atoms. The van der Waals surface area contributed by atoms with E-state index in [2.05, 4.69) is 17.2 Å². The number of nitrogens with zero attached hydrogens (tertiary/aromatic N) is 2. The Balaban J connectivity index is 1.70. The minimum atomic E-state index is -0.597. The minimum absolute atomic E-state index is 0.0713. The van der Waals surface area contributed by atoms with Gasteiger partial charge in [-0.25, -0.2) is 9.78 Å². The molecule has 1 aromatic carbocycles. The van der Waals surface area contributed by atoms with E-state index >= 15 is 0 Å². The van der Waals surface area contributed by atoms with Crippen LogP contribution in [0.3, 0.4) is 0 Å². The molecule has 0 saturated carbocycles. The van der Waals surface area contributed by atoms with Crippen molar-refractivity contribution in [2.45, 2.75) is 30.8 Å². The molecule has 0 radical (unpaired) electrons. The van der Waals surface area contributed by atoms with Crippen LogP contribution in [-0.4, -0.2) is 33.8 Å². The number of nitrogens with one attached hydrogen (secondary N) is 2. The summed E-state index contributed by atoms with van der Waals surface area (Å²) >= 11 is 8.70. The van der Waals surface area contributed by atoms with Crippen molar-refractivity contribution in [2.24, 2.45) is 0 Å². The van der Waals surface area contributed by atoms with Crippen LogP contribution in [0.25, 0.3) is 15.9 Å². The second kappa shape index (κ2) is 9.89. The Labute approximate surface area is 197 Å². The number of imide groups is 1. The minimum Gasteiger partial charge on any atom is -0.334 e. The molecule has 0 atom stereocenters. The Morgan fingerprint density at radius 2 is 2.00 bits per heavy atom. The number of urea groups is 1. The van der Waals surface area contributed by atoms with E-state index in [0.717, 1.165) is 43.0 Å². The van der Waals surface area contributed by atoms with Gasteiger partial charge in [0, 0.05) is 16.4 Å². The molecule has 1 aliphatic rings. The molecule has 3 aromatic rings. The van der Waals surface area contributed by atoms with Gasteiger partial charge in [0.05, 0.1) is 16.8 Å². The lowest BCUT2D eigenvalue weighted by Crippen LogP contribution is -2.40. The van der Waals surface area contributed by atoms with Gasteiger partial charge in [-0.15, -0.1) is 17.9 Å². The number of thiophene rings is 1. The summed E-state index contributed by atoms with van der Waals surface area (Å²) in [5.41, 5.74) is 1.57. The monoisotopic (exact) mass is 488 g/mol. The van der Waals surface area contributed by atoms with Crippen LogP contribution in [-0.2, 0) is 17.6 Å². The summed E-state index contributed by atoms with van der Waals surface area (Å²) in [6, 6.07) is 6.33. The van der Waals surface area contributed by atoms with Gasteiger partial charge in [0.15, 0.2) is 5.16 Å². The summed E-state index contributed by atoms with van der Waals surface area (Å²) in [5, 5.41) is 6.36. The zero-order chi connectivity index (χ0) is 22.7. The molecule has 0 aliphatic heterocycles. The summed E-state index contributed by atoms with van der Waals surface area (Å²) in [7, 11) is 0. The van der Waals surface area contributed by atoms with Crippen molar-refractivity contribution in [3.63, 3.8) is 0 Å². The Hall–Kier alpha value is -2.62. The normalized spacial score (nSPS) is 12.9. The first kappa shape index (κ1) is 22.6. The van der Waals surface area contributed by atoms with Crippen molar-refractivity contribution >= 4 is 56.9 Å². The number of carbonyl (C=O) groups is 2. The SMILES string of the molecule is C=CCNC(=O)NC(=O)CSc1nc2sc3c(c2c(=O)n1-c1ccc(Cl)cc1)CCCC3. The molecule has 10 heteroatoms. The lowest BCUT2D eigenvalue weighted by molar-refractivity contribution is -0.117. The molecule has 4 rings (SSSR count). The number of aryl methyl sites for hydroxylation is 2. The molecule has 0 unspecified atom stereocenters. The van der Waals surface area contributed by atoms with Crippen molar-refractivity contribution in [2.75, 3.05) is 12.3 Å². The fraction of sp³-hybridized carbons (Fsp3) is 0.273. The van der Waals surface area contributed by atoms with E-state index in [1.807, 2.05) is 0 Å². The lowest BCUT2D eigenvalue weighted by atomic mass is 9.97. The standard InChI is InChI=1S/C22H21ClN4O3S2/c1-2-11-24-21(30)25-17(28)12-31-22-26-19-18(15-5-3-4-6-16(15)32-19)20(29)27(22)14-9-7-13(23)8-10-14/h2,7-10H,1,3-6,11-12H2,(H2,24,25,28,30). The van der Waals surface area contributed by atoms with Crippen LogP contribution < -0.4 is 16.2 Å². The molecule has 166 valence electrons. The van der Waals surface area contributed by atoms with Gasteiger partial charge in [-0.2, -0.15) is 0 Å². The van der Waals surface area contributed by atoms with E-state index in [4.69, 9.17) is 16.6 Å². The quantitative estimate of drug-likeness (QED) is 0.310. The molecule has 0 fully saturated rings. The largest absolute Gasteiger partial charge is 0.334 e. The predicted molar refractivity (Wildman–Crippen MR) is 129 cm³/mol. The van der Waals surface area contributed by atoms with E-state index in [-0.39, 0.29) is 17.9 Å². The van der Waals surface area contributed by atoms with Gasteiger partial charge in [0.2, 0.25) is 5.91 Å². The van der Waals surface area contributed by atoms with E-state index < -0.39 is 11.9 Å². The van der Waals surface area contributed by atoms with Crippen LogP contribution in [0.5, 0.6) is 0 Å². The molecule has 2 aromatic heterocycles. The fourth-order valence-corrected chi connectivity index (χ4v) is 5.84. The third-order valence-corrected chi connectivity index (χ3v) is 7.41. The maximum absolute atomic E-state index is 13.6. The number of rotatable bonds is 6. The van der Waals surface area contributed by atoms with Gasteiger partial charge in [0.25, 0.3) is 5.56 Å². The first-order chi connectivity index (χ1) is 15.5. The van der Waals surface area contributed by atoms with Crippen LogP contribution >= 0.6 is 34.7 Å². The molecule has 1 aliphatic carbocycles. The Kier molecular flexibility index (Phi) is 6.98. The van der Waals surface area contributed by atoms with Gasteiger partial charge in [0.1, 0.15) is 4.83 Å². The van der Waals surface area contributed by atoms with E-state index in [1.165, 1.54) is 15.5 Å². The van der Waals surface area contributed by atoms with E-state index in [1.54, 1.807) is 35.6 Å². The zero-order valence-corrected chi connectivity index (χ0v) is 19.5. The van der Waals surface area contributed by atoms with Crippen LogP contribution in [0.15, 0.2) is 46.9 Å². The van der Waals surface area contributed by atoms with Gasteiger partial charge in [-0.3, -0.25) is 19.5 Å². The summed E-state index contributed by atoms with van der Waals surface area (Å²) in [4.78, 5) is 44.2. The number of carbonyl (C=O) groups excluding carboxylic acids is 2. The molecule has 0 saturated heterocycles. The highest BCUT2D eigenvalue weighted by atomic mass is 35.5. The highest BCUT2D eigenvalue weighted by molar-refractivity contribution is 7.99. The van der Waals surface area contributed by atoms with Crippen molar-refractivity contribution in [3.8, 4) is 5.69 Å². The molecule has 3 amide bonds. The van der Waals surface area contributed by atoms with Crippen molar-refractivity contribution < 1.29 is 9.59 Å². The molecule has 2 heterocycles. The van der Waals surface area contributed by atoms with Gasteiger partial charge in [-0.05, 0) is 55.5 Å². The van der Waals surface area contributed by atoms with Gasteiger partial charge < -0.3 is 5.32 Å². The van der Waals surface area contributed by atoms with Gasteiger partial charge >= 0.3 is 6.03 Å². The van der Waals surface area contributed by atoms with Crippen LogP contribution in [0, 0.1) is 0 Å². The number of halogens is 1. The summed E-state index contributed by atoms with van der Waals surface area (Å²) in [6.07, 6.45) is 5.52. The lowest BCUT2D eigenvalue weighted by Gasteiger charge is -2.13. The maximum atomic E-state index is 13.6. The fourth-order valence-electron chi connectivity index (χ4n) is 3.60. The number of aromatic nitrogens is 2. The Morgan fingerprint density at radius 1 is 1.25 bits per heavy atom. The molecule has 7 nitrogen and oxygen atoms in total. The topological polar surface area (TPSA) is 93.1 Å². The average molecular weight is 489 g/mol. The number of thioether (sulfide) groups is 1. The second-order valence-corrected chi connectivity index (χ2v) is 9.70. The van der Waals surface area contributed by atoms with Gasteiger partial charge in [-0.1, -0.05) is 29.4 Å². The van der Waals surface area contributed by atoms with Crippen LogP contribution in [0.2, 0.25) is 5.02 Å². The van der Waals surface area contributed by atoms with Crippen molar-refractivity contribution in [1.29, 1.82) is 0 Å². The number of fused-ring (bicyclic) bond motifs is 3. The number of hydrogen-bond donors (Lipinski definition) is 2. The molecular formula is C22H21ClN4O3S2. The highest BCUT2D eigenvalue weighted by Crippen LogP contribution is 2.35. The second-order valence-electron chi connectivity index (χ2n) is 7.24. The third kappa shape index (κ3) is 4.74. The highest BCUT2D eigenvalue weighted by Gasteiger charge is 2.23. The molecule has 2 N–H and O–H groups in total. The van der Waals surface area contributed by atoms with Crippen LogP contribution in [0.4, 0.5) is 4.79 Å². The predicted octanol–water partition coefficient (Wildman–Crippen LogP) is 4.08. The van der Waals surface area contributed by atoms with E-state index in [0.29, 0.717) is 26.1 Å². The van der Waals surface area contributed by atoms with Crippen molar-refractivity contribution in [3.05, 3.63) is 62.7 Å².